The number of imidazole rings is 1. The topological polar surface area (TPSA) is 56.1 Å². The van der Waals surface area contributed by atoms with E-state index in [0.717, 1.165) is 54.0 Å². The third-order valence-electron chi connectivity index (χ3n) is 5.80. The van der Waals surface area contributed by atoms with E-state index in [1.54, 1.807) is 24.3 Å². The van der Waals surface area contributed by atoms with E-state index in [9.17, 15) is 4.79 Å². The molecule has 0 atom stereocenters. The first kappa shape index (κ1) is 23.8. The predicted octanol–water partition coefficient (Wildman–Crippen LogP) is 6.14. The Balaban J connectivity index is 1.33. The van der Waals surface area contributed by atoms with Gasteiger partial charge in [0.1, 0.15) is 11.6 Å². The largest absolute Gasteiger partial charge is 0.493 e. The molecule has 34 heavy (non-hydrogen) atoms. The number of fused-ring (bicyclic) bond motifs is 1. The van der Waals surface area contributed by atoms with Gasteiger partial charge in [-0.2, -0.15) is 0 Å². The fraction of sp³-hybridized carbons (Fsp3) is 0.286. The summed E-state index contributed by atoms with van der Waals surface area (Å²) in [5.74, 6) is 1.86. The first-order valence-corrected chi connectivity index (χ1v) is 12.1. The maximum Gasteiger partial charge on any atom is 0.251 e. The van der Waals surface area contributed by atoms with Gasteiger partial charge in [-0.25, -0.2) is 4.98 Å². The molecule has 0 spiro atoms. The van der Waals surface area contributed by atoms with Gasteiger partial charge in [-0.1, -0.05) is 47.5 Å². The van der Waals surface area contributed by atoms with E-state index in [-0.39, 0.29) is 5.91 Å². The van der Waals surface area contributed by atoms with Gasteiger partial charge in [-0.05, 0) is 68.7 Å². The van der Waals surface area contributed by atoms with Crippen LogP contribution in [0, 0.1) is 13.8 Å². The summed E-state index contributed by atoms with van der Waals surface area (Å²) in [5.41, 5.74) is 5.10. The Hall–Kier alpha value is -3.31. The minimum Gasteiger partial charge on any atom is -0.493 e. The van der Waals surface area contributed by atoms with Gasteiger partial charge in [0.05, 0.1) is 17.6 Å². The molecule has 0 aliphatic carbocycles. The van der Waals surface area contributed by atoms with Crippen LogP contribution in [0.5, 0.6) is 5.75 Å². The molecule has 0 radical (unpaired) electrons. The van der Waals surface area contributed by atoms with E-state index in [2.05, 4.69) is 41.9 Å². The number of hydrogen-bond acceptors (Lipinski definition) is 3. The highest BCUT2D eigenvalue weighted by Crippen LogP contribution is 2.20. The average Bonchev–Trinajstić information content (AvgIpc) is 3.18. The van der Waals surface area contributed by atoms with E-state index in [1.807, 2.05) is 24.3 Å². The highest BCUT2D eigenvalue weighted by molar-refractivity contribution is 6.30. The van der Waals surface area contributed by atoms with Crippen LogP contribution in [0.4, 0.5) is 0 Å². The summed E-state index contributed by atoms with van der Waals surface area (Å²) in [6.07, 6.45) is 2.46. The number of carbonyl (C=O) groups is 1. The second-order valence-corrected chi connectivity index (χ2v) is 8.95. The molecule has 0 aliphatic rings. The van der Waals surface area contributed by atoms with Crippen molar-refractivity contribution in [3.05, 3.63) is 94.3 Å². The van der Waals surface area contributed by atoms with Crippen LogP contribution in [0.15, 0.2) is 66.7 Å². The Morgan fingerprint density at radius 3 is 2.71 bits per heavy atom. The highest BCUT2D eigenvalue weighted by Gasteiger charge is 2.11. The molecule has 1 N–H and O–H groups in total. The molecule has 176 valence electrons. The Kier molecular flexibility index (Phi) is 7.86. The van der Waals surface area contributed by atoms with Crippen LogP contribution in [0.1, 0.15) is 40.2 Å². The smallest absolute Gasteiger partial charge is 0.251 e. The van der Waals surface area contributed by atoms with Gasteiger partial charge in [0.2, 0.25) is 0 Å². The van der Waals surface area contributed by atoms with Gasteiger partial charge in [-0.15, -0.1) is 0 Å². The first-order valence-electron chi connectivity index (χ1n) is 11.7. The summed E-state index contributed by atoms with van der Waals surface area (Å²) in [6.45, 7) is 6.21. The summed E-state index contributed by atoms with van der Waals surface area (Å²) in [5, 5.41) is 3.53. The standard InChI is InChI=1S/C28H30ClN3O2/c1-20-13-14-26(21(2)18-20)34-17-7-16-32-25-11-4-3-10-24(25)31-27(32)12-6-15-30-28(33)22-8-5-9-23(29)19-22/h3-5,8-11,13-14,18-19H,6-7,12,15-17H2,1-2H3,(H,30,33). The zero-order valence-electron chi connectivity index (χ0n) is 19.7. The Morgan fingerprint density at radius 1 is 1.03 bits per heavy atom. The van der Waals surface area contributed by atoms with Gasteiger partial charge < -0.3 is 14.6 Å². The van der Waals surface area contributed by atoms with Crippen molar-refractivity contribution in [2.75, 3.05) is 13.2 Å². The lowest BCUT2D eigenvalue weighted by atomic mass is 10.1. The molecule has 0 fully saturated rings. The molecule has 3 aromatic carbocycles. The number of para-hydroxylation sites is 2. The Bertz CT molecular complexity index is 1280. The highest BCUT2D eigenvalue weighted by atomic mass is 35.5. The van der Waals surface area contributed by atoms with Gasteiger partial charge in [0, 0.05) is 30.1 Å². The summed E-state index contributed by atoms with van der Waals surface area (Å²) >= 11 is 5.99. The average molecular weight is 476 g/mol. The zero-order valence-corrected chi connectivity index (χ0v) is 20.4. The molecule has 4 rings (SSSR count). The summed E-state index contributed by atoms with van der Waals surface area (Å²) in [6, 6.07) is 21.5. The molecule has 6 heteroatoms. The lowest BCUT2D eigenvalue weighted by molar-refractivity contribution is 0.0953. The SMILES string of the molecule is Cc1ccc(OCCCn2c(CCCNC(=O)c3cccc(Cl)c3)nc3ccccc32)c(C)c1. The number of rotatable bonds is 10. The predicted molar refractivity (Wildman–Crippen MR) is 138 cm³/mol. The molecule has 1 aromatic heterocycles. The van der Waals surface area contributed by atoms with E-state index < -0.39 is 0 Å². The number of halogens is 1. The molecular formula is C28H30ClN3O2. The monoisotopic (exact) mass is 475 g/mol. The van der Waals surface area contributed by atoms with Crippen LogP contribution in [-0.2, 0) is 13.0 Å². The number of nitrogens with zero attached hydrogens (tertiary/aromatic N) is 2. The van der Waals surface area contributed by atoms with E-state index >= 15 is 0 Å². The number of hydrogen-bond donors (Lipinski definition) is 1. The van der Waals surface area contributed by atoms with Crippen molar-refractivity contribution < 1.29 is 9.53 Å². The van der Waals surface area contributed by atoms with Gasteiger partial charge in [0.25, 0.3) is 5.91 Å². The number of carbonyl (C=O) groups excluding carboxylic acids is 1. The third kappa shape index (κ3) is 5.97. The molecule has 0 aliphatic heterocycles. The van der Waals surface area contributed by atoms with Crippen LogP contribution in [0.2, 0.25) is 5.02 Å². The fourth-order valence-electron chi connectivity index (χ4n) is 4.11. The number of aromatic nitrogens is 2. The molecule has 0 bridgehead atoms. The first-order chi connectivity index (χ1) is 16.5. The molecule has 1 heterocycles. The third-order valence-corrected chi connectivity index (χ3v) is 6.03. The van der Waals surface area contributed by atoms with Crippen molar-refractivity contribution in [1.29, 1.82) is 0 Å². The van der Waals surface area contributed by atoms with Crippen molar-refractivity contribution in [3.63, 3.8) is 0 Å². The fourth-order valence-corrected chi connectivity index (χ4v) is 4.30. The van der Waals surface area contributed by atoms with E-state index in [0.29, 0.717) is 23.7 Å². The van der Waals surface area contributed by atoms with Crippen LogP contribution in [0.3, 0.4) is 0 Å². The molecule has 0 saturated heterocycles. The maximum absolute atomic E-state index is 12.3. The van der Waals surface area contributed by atoms with E-state index in [4.69, 9.17) is 21.3 Å². The second-order valence-electron chi connectivity index (χ2n) is 8.51. The normalized spacial score (nSPS) is 11.0. The number of aryl methyl sites for hydroxylation is 4. The molecular weight excluding hydrogens is 446 g/mol. The number of amides is 1. The quantitative estimate of drug-likeness (QED) is 0.280. The lowest BCUT2D eigenvalue weighted by Gasteiger charge is -2.12. The number of benzene rings is 3. The van der Waals surface area contributed by atoms with Crippen LogP contribution in [0.25, 0.3) is 11.0 Å². The minimum atomic E-state index is -0.112. The minimum absolute atomic E-state index is 0.112. The van der Waals surface area contributed by atoms with Gasteiger partial charge in [-0.3, -0.25) is 4.79 Å². The van der Waals surface area contributed by atoms with Crippen molar-refractivity contribution in [2.45, 2.75) is 39.7 Å². The van der Waals surface area contributed by atoms with Crippen LogP contribution < -0.4 is 10.1 Å². The molecule has 1 amide bonds. The molecule has 5 nitrogen and oxygen atoms in total. The molecule has 4 aromatic rings. The number of nitrogens with one attached hydrogen (secondary N) is 1. The van der Waals surface area contributed by atoms with Crippen molar-refractivity contribution in [3.8, 4) is 5.75 Å². The number of ether oxygens (including phenoxy) is 1. The second kappa shape index (κ2) is 11.2. The van der Waals surface area contributed by atoms with Gasteiger partial charge >= 0.3 is 0 Å². The van der Waals surface area contributed by atoms with Crippen LogP contribution in [-0.4, -0.2) is 28.6 Å². The molecule has 0 unspecified atom stereocenters. The summed E-state index contributed by atoms with van der Waals surface area (Å²) in [7, 11) is 0. The van der Waals surface area contributed by atoms with E-state index in [1.165, 1.54) is 5.56 Å². The van der Waals surface area contributed by atoms with Crippen molar-refractivity contribution >= 4 is 28.5 Å². The molecule has 0 saturated carbocycles. The Morgan fingerprint density at radius 2 is 1.88 bits per heavy atom. The van der Waals surface area contributed by atoms with Gasteiger partial charge in [0.15, 0.2) is 0 Å². The maximum atomic E-state index is 12.3. The zero-order chi connectivity index (χ0) is 23.9. The van der Waals surface area contributed by atoms with Crippen molar-refractivity contribution in [1.82, 2.24) is 14.9 Å². The van der Waals surface area contributed by atoms with Crippen molar-refractivity contribution in [2.24, 2.45) is 0 Å². The Labute approximate surface area is 205 Å². The lowest BCUT2D eigenvalue weighted by Crippen LogP contribution is -2.25. The summed E-state index contributed by atoms with van der Waals surface area (Å²) in [4.78, 5) is 17.2. The summed E-state index contributed by atoms with van der Waals surface area (Å²) < 4.78 is 8.30. The van der Waals surface area contributed by atoms with Crippen LogP contribution >= 0.6 is 11.6 Å².